The van der Waals surface area contributed by atoms with E-state index in [9.17, 15) is 0 Å². The molecule has 0 amide bonds. The zero-order valence-electron chi connectivity index (χ0n) is 10.1. The molecule has 0 atom stereocenters. The second-order valence-electron chi connectivity index (χ2n) is 3.95. The van der Waals surface area contributed by atoms with E-state index >= 15 is 0 Å². The fourth-order valence-electron chi connectivity index (χ4n) is 1.94. The van der Waals surface area contributed by atoms with E-state index in [1.165, 1.54) is 11.3 Å². The van der Waals surface area contributed by atoms with Gasteiger partial charge in [-0.15, -0.1) is 0 Å². The average Bonchev–Trinajstić information content (AvgIpc) is 2.19. The van der Waals surface area contributed by atoms with E-state index in [-0.39, 0.29) is 0 Å². The van der Waals surface area contributed by atoms with Gasteiger partial charge in [0.25, 0.3) is 0 Å². The van der Waals surface area contributed by atoms with Crippen molar-refractivity contribution >= 4 is 12.2 Å². The Labute approximate surface area is 97.4 Å². The Kier molecular flexibility index (Phi) is 4.45. The van der Waals surface area contributed by atoms with Crippen molar-refractivity contribution in [3.8, 4) is 0 Å². The highest BCUT2D eigenvalue weighted by atomic mass is 32.1. The van der Waals surface area contributed by atoms with Crippen LogP contribution in [-0.2, 0) is 13.0 Å². The first-order valence-electron chi connectivity index (χ1n) is 5.68. The van der Waals surface area contributed by atoms with Crippen molar-refractivity contribution in [3.63, 3.8) is 0 Å². The maximum Gasteiger partial charge on any atom is 0.199 e. The molecule has 0 bridgehead atoms. The normalized spacial score (nSPS) is 10.7. The molecule has 0 spiro atoms. The van der Waals surface area contributed by atoms with E-state index in [2.05, 4.69) is 37.2 Å². The predicted octanol–water partition coefficient (Wildman–Crippen LogP) is 3.59. The lowest BCUT2D eigenvalue weighted by molar-refractivity contribution is 0.618. The van der Waals surface area contributed by atoms with Gasteiger partial charge in [-0.3, -0.25) is 0 Å². The fourth-order valence-corrected chi connectivity index (χ4v) is 2.30. The Hall–Kier alpha value is -0.700. The van der Waals surface area contributed by atoms with Crippen LogP contribution in [0.1, 0.15) is 43.6 Å². The second kappa shape index (κ2) is 5.40. The fraction of sp³-hybridized carbons (Fsp3) is 0.667. The third kappa shape index (κ3) is 2.65. The molecule has 3 heteroatoms. The molecular formula is C12H20N2S. The maximum atomic E-state index is 5.29. The van der Waals surface area contributed by atoms with Crippen LogP contribution < -0.4 is 0 Å². The smallest absolute Gasteiger partial charge is 0.199 e. The van der Waals surface area contributed by atoms with Gasteiger partial charge >= 0.3 is 0 Å². The molecule has 1 rings (SSSR count). The quantitative estimate of drug-likeness (QED) is 0.727. The van der Waals surface area contributed by atoms with E-state index in [0.29, 0.717) is 0 Å². The average molecular weight is 224 g/mol. The van der Waals surface area contributed by atoms with Crippen molar-refractivity contribution in [3.05, 3.63) is 21.7 Å². The summed E-state index contributed by atoms with van der Waals surface area (Å²) in [6, 6.07) is 0. The van der Waals surface area contributed by atoms with Crippen molar-refractivity contribution in [2.75, 3.05) is 0 Å². The van der Waals surface area contributed by atoms with E-state index in [1.54, 1.807) is 0 Å². The molecule has 84 valence electrons. The number of aryl methyl sites for hydroxylation is 1. The van der Waals surface area contributed by atoms with Gasteiger partial charge in [0, 0.05) is 17.9 Å². The van der Waals surface area contributed by atoms with E-state index in [1.807, 2.05) is 0 Å². The van der Waals surface area contributed by atoms with Crippen molar-refractivity contribution in [1.29, 1.82) is 0 Å². The van der Waals surface area contributed by atoms with Crippen LogP contribution >= 0.6 is 12.2 Å². The first-order chi connectivity index (χ1) is 7.11. The summed E-state index contributed by atoms with van der Waals surface area (Å²) in [6.45, 7) is 9.56. The maximum absolute atomic E-state index is 5.29. The highest BCUT2D eigenvalue weighted by Crippen LogP contribution is 2.14. The topological polar surface area (TPSA) is 17.8 Å². The summed E-state index contributed by atoms with van der Waals surface area (Å²) in [5.41, 5.74) is 3.78. The van der Waals surface area contributed by atoms with Gasteiger partial charge in [0.2, 0.25) is 0 Å². The van der Waals surface area contributed by atoms with Crippen LogP contribution in [0.15, 0.2) is 0 Å². The summed E-state index contributed by atoms with van der Waals surface area (Å²) in [7, 11) is 0. The van der Waals surface area contributed by atoms with Gasteiger partial charge in [0.15, 0.2) is 4.77 Å². The van der Waals surface area contributed by atoms with Crippen molar-refractivity contribution < 1.29 is 0 Å². The van der Waals surface area contributed by atoms with Crippen LogP contribution in [0.2, 0.25) is 0 Å². The standard InChI is InChI=1S/C12H20N2S/c1-5-7-11-9(3)13-12(15)14(8-6-2)10(11)4/h5-8H2,1-4H3. The van der Waals surface area contributed by atoms with Crippen molar-refractivity contribution in [1.82, 2.24) is 9.55 Å². The van der Waals surface area contributed by atoms with Gasteiger partial charge in [-0.2, -0.15) is 0 Å². The van der Waals surface area contributed by atoms with Crippen LogP contribution in [0, 0.1) is 18.6 Å². The molecule has 0 fully saturated rings. The predicted molar refractivity (Wildman–Crippen MR) is 66.8 cm³/mol. The number of nitrogens with zero attached hydrogens (tertiary/aromatic N) is 2. The third-order valence-electron chi connectivity index (χ3n) is 2.72. The molecule has 0 aliphatic heterocycles. The lowest BCUT2D eigenvalue weighted by atomic mass is 10.1. The Morgan fingerprint density at radius 1 is 1.20 bits per heavy atom. The minimum Gasteiger partial charge on any atom is -0.321 e. The van der Waals surface area contributed by atoms with Gasteiger partial charge in [-0.05, 0) is 44.5 Å². The van der Waals surface area contributed by atoms with Crippen LogP contribution in [0.5, 0.6) is 0 Å². The monoisotopic (exact) mass is 224 g/mol. The summed E-state index contributed by atoms with van der Waals surface area (Å²) in [5, 5.41) is 0. The van der Waals surface area contributed by atoms with Crippen LogP contribution in [0.3, 0.4) is 0 Å². The Balaban J connectivity index is 3.28. The summed E-state index contributed by atoms with van der Waals surface area (Å²) in [6.07, 6.45) is 3.36. The number of hydrogen-bond acceptors (Lipinski definition) is 2. The SMILES string of the molecule is CCCc1c(C)nc(=S)n(CCC)c1C. The van der Waals surface area contributed by atoms with Gasteiger partial charge in [0.1, 0.15) is 0 Å². The molecule has 0 unspecified atom stereocenters. The largest absolute Gasteiger partial charge is 0.321 e. The molecule has 2 nitrogen and oxygen atoms in total. The van der Waals surface area contributed by atoms with Gasteiger partial charge in [-0.1, -0.05) is 20.3 Å². The highest BCUT2D eigenvalue weighted by molar-refractivity contribution is 7.71. The van der Waals surface area contributed by atoms with Crippen molar-refractivity contribution in [2.45, 2.75) is 53.5 Å². The molecule has 0 radical (unpaired) electrons. The molecule has 0 saturated carbocycles. The lowest BCUT2D eigenvalue weighted by Crippen LogP contribution is -2.11. The van der Waals surface area contributed by atoms with Gasteiger partial charge in [0.05, 0.1) is 0 Å². The number of aromatic nitrogens is 2. The molecule has 1 aromatic heterocycles. The summed E-state index contributed by atoms with van der Waals surface area (Å²) < 4.78 is 2.89. The molecule has 0 aliphatic rings. The van der Waals surface area contributed by atoms with Crippen LogP contribution in [0.4, 0.5) is 0 Å². The summed E-state index contributed by atoms with van der Waals surface area (Å²) in [5.74, 6) is 0. The zero-order valence-corrected chi connectivity index (χ0v) is 10.9. The summed E-state index contributed by atoms with van der Waals surface area (Å²) >= 11 is 5.29. The van der Waals surface area contributed by atoms with Crippen molar-refractivity contribution in [2.24, 2.45) is 0 Å². The van der Waals surface area contributed by atoms with E-state index < -0.39 is 0 Å². The number of rotatable bonds is 4. The van der Waals surface area contributed by atoms with E-state index in [0.717, 1.165) is 36.3 Å². The van der Waals surface area contributed by atoms with Crippen LogP contribution in [-0.4, -0.2) is 9.55 Å². The van der Waals surface area contributed by atoms with Gasteiger partial charge < -0.3 is 4.57 Å². The molecule has 1 heterocycles. The molecular weight excluding hydrogens is 204 g/mol. The Bertz CT molecular complexity index is 393. The molecule has 0 aromatic carbocycles. The lowest BCUT2D eigenvalue weighted by Gasteiger charge is -2.15. The molecule has 0 N–H and O–H groups in total. The molecule has 0 saturated heterocycles. The Morgan fingerprint density at radius 3 is 2.40 bits per heavy atom. The van der Waals surface area contributed by atoms with Crippen LogP contribution in [0.25, 0.3) is 0 Å². The highest BCUT2D eigenvalue weighted by Gasteiger charge is 2.07. The second-order valence-corrected chi connectivity index (χ2v) is 4.31. The zero-order chi connectivity index (χ0) is 11.4. The minimum absolute atomic E-state index is 0.728. The van der Waals surface area contributed by atoms with Gasteiger partial charge in [-0.25, -0.2) is 4.98 Å². The van der Waals surface area contributed by atoms with E-state index in [4.69, 9.17) is 12.2 Å². The minimum atomic E-state index is 0.728. The Morgan fingerprint density at radius 2 is 1.87 bits per heavy atom. The molecule has 0 aliphatic carbocycles. The molecule has 15 heavy (non-hydrogen) atoms. The molecule has 1 aromatic rings. The number of hydrogen-bond donors (Lipinski definition) is 0. The first-order valence-corrected chi connectivity index (χ1v) is 6.09. The first kappa shape index (κ1) is 12.4. The summed E-state index contributed by atoms with van der Waals surface area (Å²) in [4.78, 5) is 4.45. The third-order valence-corrected chi connectivity index (χ3v) is 3.03.